The molecule has 0 bridgehead atoms. The van der Waals surface area contributed by atoms with Crippen molar-refractivity contribution in [3.05, 3.63) is 27.1 Å². The van der Waals surface area contributed by atoms with Crippen molar-refractivity contribution < 1.29 is 0 Å². The Morgan fingerprint density at radius 2 is 2.11 bits per heavy atom. The molecular weight excluding hydrogens is 310 g/mol. The summed E-state index contributed by atoms with van der Waals surface area (Å²) in [6.45, 7) is 5.15. The van der Waals surface area contributed by atoms with Crippen LogP contribution in [0.4, 0.5) is 5.82 Å². The summed E-state index contributed by atoms with van der Waals surface area (Å²) >= 11 is 5.23. The molecular formula is C13H16BrN3S. The first-order valence-electron chi connectivity index (χ1n) is 6.08. The lowest BCUT2D eigenvalue weighted by atomic mass is 10.2. The molecule has 5 heteroatoms. The van der Waals surface area contributed by atoms with Crippen LogP contribution in [0.25, 0.3) is 11.3 Å². The number of nitrogens with zero attached hydrogens (tertiary/aromatic N) is 2. The summed E-state index contributed by atoms with van der Waals surface area (Å²) in [5.74, 6) is 1.79. The summed E-state index contributed by atoms with van der Waals surface area (Å²) in [5.41, 5.74) is 2.12. The van der Waals surface area contributed by atoms with Gasteiger partial charge in [-0.25, -0.2) is 9.97 Å². The van der Waals surface area contributed by atoms with Crippen molar-refractivity contribution >= 4 is 33.1 Å². The molecule has 0 saturated heterocycles. The maximum absolute atomic E-state index is 4.59. The van der Waals surface area contributed by atoms with Crippen molar-refractivity contribution in [2.75, 3.05) is 11.9 Å². The molecule has 2 aromatic heterocycles. The molecule has 0 aliphatic carbocycles. The van der Waals surface area contributed by atoms with E-state index in [2.05, 4.69) is 55.8 Å². The van der Waals surface area contributed by atoms with Gasteiger partial charge in [0, 0.05) is 39.8 Å². The number of rotatable bonds is 5. The van der Waals surface area contributed by atoms with Crippen LogP contribution in [0.5, 0.6) is 0 Å². The van der Waals surface area contributed by atoms with Crippen molar-refractivity contribution in [3.63, 3.8) is 0 Å². The third kappa shape index (κ3) is 3.09. The number of hydrogen-bond acceptors (Lipinski definition) is 4. The zero-order chi connectivity index (χ0) is 13.0. The highest BCUT2D eigenvalue weighted by molar-refractivity contribution is 9.10. The van der Waals surface area contributed by atoms with Crippen molar-refractivity contribution in [1.82, 2.24) is 9.97 Å². The number of hydrogen-bond donors (Lipinski definition) is 1. The van der Waals surface area contributed by atoms with E-state index in [1.54, 1.807) is 11.3 Å². The molecule has 0 aliphatic heterocycles. The van der Waals surface area contributed by atoms with Gasteiger partial charge in [0.2, 0.25) is 0 Å². The Bertz CT molecular complexity index is 525. The molecule has 0 spiro atoms. The predicted octanol–water partition coefficient (Wildman–Crippen LogP) is 4.35. The summed E-state index contributed by atoms with van der Waals surface area (Å²) in [6, 6.07) is 2.02. The van der Waals surface area contributed by atoms with Gasteiger partial charge in [0.25, 0.3) is 0 Å². The number of aromatic nitrogens is 2. The first-order valence-corrected chi connectivity index (χ1v) is 7.82. The number of aryl methyl sites for hydroxylation is 1. The summed E-state index contributed by atoms with van der Waals surface area (Å²) in [5, 5.41) is 7.51. The van der Waals surface area contributed by atoms with Gasteiger partial charge in [0.05, 0.1) is 5.69 Å². The fourth-order valence-electron chi connectivity index (χ4n) is 1.60. The topological polar surface area (TPSA) is 37.8 Å². The minimum absolute atomic E-state index is 0.844. The van der Waals surface area contributed by atoms with Gasteiger partial charge in [0.15, 0.2) is 0 Å². The van der Waals surface area contributed by atoms with Gasteiger partial charge in [-0.15, -0.1) is 0 Å². The van der Waals surface area contributed by atoms with E-state index in [1.807, 2.05) is 6.07 Å². The molecule has 0 amide bonds. The lowest BCUT2D eigenvalue weighted by Crippen LogP contribution is -2.05. The Hall–Kier alpha value is -0.940. The van der Waals surface area contributed by atoms with Crippen molar-refractivity contribution in [1.29, 1.82) is 0 Å². The molecule has 3 nitrogen and oxygen atoms in total. The van der Waals surface area contributed by atoms with Gasteiger partial charge in [0.1, 0.15) is 11.6 Å². The largest absolute Gasteiger partial charge is 0.370 e. The first-order chi connectivity index (χ1) is 8.74. The summed E-state index contributed by atoms with van der Waals surface area (Å²) < 4.78 is 1.09. The average molecular weight is 326 g/mol. The van der Waals surface area contributed by atoms with Crippen molar-refractivity contribution in [3.8, 4) is 11.3 Å². The van der Waals surface area contributed by atoms with E-state index >= 15 is 0 Å². The molecule has 0 saturated carbocycles. The first kappa shape index (κ1) is 13.5. The molecule has 2 aromatic rings. The highest BCUT2D eigenvalue weighted by Crippen LogP contribution is 2.31. The second kappa shape index (κ2) is 6.29. The van der Waals surface area contributed by atoms with Crippen LogP contribution in [-0.4, -0.2) is 16.5 Å². The molecule has 1 N–H and O–H groups in total. The standard InChI is InChI=1S/C13H16BrN3S/c1-3-5-15-13-6-11(16-12(4-2)17-13)9-7-18-8-10(9)14/h6-8H,3-5H2,1-2H3,(H,15,16,17). The Morgan fingerprint density at radius 1 is 1.28 bits per heavy atom. The highest BCUT2D eigenvalue weighted by atomic mass is 79.9. The monoisotopic (exact) mass is 325 g/mol. The Balaban J connectivity index is 2.38. The number of anilines is 1. The summed E-state index contributed by atoms with van der Waals surface area (Å²) in [4.78, 5) is 9.08. The molecule has 0 radical (unpaired) electrons. The van der Waals surface area contributed by atoms with Crippen LogP contribution >= 0.6 is 27.3 Å². The quantitative estimate of drug-likeness (QED) is 0.887. The molecule has 0 aliphatic rings. The minimum atomic E-state index is 0.844. The van der Waals surface area contributed by atoms with Gasteiger partial charge in [-0.05, 0) is 22.4 Å². The molecule has 0 aromatic carbocycles. The maximum atomic E-state index is 4.59. The molecule has 96 valence electrons. The maximum Gasteiger partial charge on any atom is 0.131 e. The molecule has 2 rings (SSSR count). The zero-order valence-corrected chi connectivity index (χ0v) is 12.9. The minimum Gasteiger partial charge on any atom is -0.370 e. The van der Waals surface area contributed by atoms with E-state index in [9.17, 15) is 0 Å². The number of halogens is 1. The van der Waals surface area contributed by atoms with Gasteiger partial charge >= 0.3 is 0 Å². The molecule has 0 unspecified atom stereocenters. The normalized spacial score (nSPS) is 10.6. The Kier molecular flexibility index (Phi) is 4.72. The van der Waals surface area contributed by atoms with E-state index in [0.29, 0.717) is 0 Å². The van der Waals surface area contributed by atoms with Crippen molar-refractivity contribution in [2.24, 2.45) is 0 Å². The smallest absolute Gasteiger partial charge is 0.131 e. The second-order valence-corrected chi connectivity index (χ2v) is 5.57. The van der Waals surface area contributed by atoms with Gasteiger partial charge in [-0.2, -0.15) is 11.3 Å². The fourth-order valence-corrected chi connectivity index (χ4v) is 3.09. The SMILES string of the molecule is CCCNc1cc(-c2cscc2Br)nc(CC)n1. The predicted molar refractivity (Wildman–Crippen MR) is 81.2 cm³/mol. The highest BCUT2D eigenvalue weighted by Gasteiger charge is 2.09. The fraction of sp³-hybridized carbons (Fsp3) is 0.385. The second-order valence-electron chi connectivity index (χ2n) is 3.97. The number of thiophene rings is 1. The van der Waals surface area contributed by atoms with Crippen LogP contribution in [0.15, 0.2) is 21.3 Å². The summed E-state index contributed by atoms with van der Waals surface area (Å²) in [6.07, 6.45) is 1.93. The van der Waals surface area contributed by atoms with Crippen LogP contribution in [0, 0.1) is 0 Å². The van der Waals surface area contributed by atoms with Crippen LogP contribution in [0.3, 0.4) is 0 Å². The van der Waals surface area contributed by atoms with Gasteiger partial charge in [-0.3, -0.25) is 0 Å². The van der Waals surface area contributed by atoms with Crippen LogP contribution < -0.4 is 5.32 Å². The Labute approximate surface area is 120 Å². The van der Waals surface area contributed by atoms with E-state index in [-0.39, 0.29) is 0 Å². The van der Waals surface area contributed by atoms with Gasteiger partial charge in [-0.1, -0.05) is 13.8 Å². The number of nitrogens with one attached hydrogen (secondary N) is 1. The van der Waals surface area contributed by atoms with Crippen LogP contribution in [-0.2, 0) is 6.42 Å². The lowest BCUT2D eigenvalue weighted by molar-refractivity contribution is 0.919. The lowest BCUT2D eigenvalue weighted by Gasteiger charge is -2.08. The van der Waals surface area contributed by atoms with E-state index in [4.69, 9.17) is 0 Å². The molecule has 2 heterocycles. The molecule has 18 heavy (non-hydrogen) atoms. The average Bonchev–Trinajstić information content (AvgIpc) is 2.82. The summed E-state index contributed by atoms with van der Waals surface area (Å²) in [7, 11) is 0. The molecule has 0 atom stereocenters. The van der Waals surface area contributed by atoms with E-state index in [1.165, 1.54) is 0 Å². The zero-order valence-electron chi connectivity index (χ0n) is 10.5. The van der Waals surface area contributed by atoms with Crippen LogP contribution in [0.1, 0.15) is 26.1 Å². The van der Waals surface area contributed by atoms with Crippen molar-refractivity contribution in [2.45, 2.75) is 26.7 Å². The van der Waals surface area contributed by atoms with Gasteiger partial charge < -0.3 is 5.32 Å². The Morgan fingerprint density at radius 3 is 2.72 bits per heavy atom. The van der Waals surface area contributed by atoms with E-state index in [0.717, 1.165) is 46.8 Å². The third-order valence-electron chi connectivity index (χ3n) is 2.54. The van der Waals surface area contributed by atoms with Crippen LogP contribution in [0.2, 0.25) is 0 Å². The van der Waals surface area contributed by atoms with E-state index < -0.39 is 0 Å². The molecule has 0 fully saturated rings. The third-order valence-corrected chi connectivity index (χ3v) is 4.24.